The zero-order chi connectivity index (χ0) is 19.7. The molecule has 6 nitrogen and oxygen atoms in total. The molecule has 1 saturated carbocycles. The van der Waals surface area contributed by atoms with Crippen LogP contribution in [0.25, 0.3) is 11.0 Å². The van der Waals surface area contributed by atoms with E-state index < -0.39 is 11.8 Å². The van der Waals surface area contributed by atoms with Crippen molar-refractivity contribution in [2.24, 2.45) is 0 Å². The smallest absolute Gasteiger partial charge is 0.206 e. The number of hydrogen-bond acceptors (Lipinski definition) is 5. The van der Waals surface area contributed by atoms with E-state index in [2.05, 4.69) is 20.9 Å². The zero-order valence-electron chi connectivity index (χ0n) is 15.8. The van der Waals surface area contributed by atoms with E-state index in [9.17, 15) is 15.5 Å². The predicted octanol–water partition coefficient (Wildman–Crippen LogP) is 3.66. The molecule has 0 saturated heterocycles. The van der Waals surface area contributed by atoms with E-state index in [4.69, 9.17) is 0 Å². The van der Waals surface area contributed by atoms with Crippen molar-refractivity contribution >= 4 is 17.0 Å². The largest absolute Gasteiger partial charge is 0.385 e. The standard InChI is InChI=1S/C22H24N4O2/c1-22(28,16-6-3-2-4-7-16)13-20(27)25-21-24-18-11-10-15(14-23)12-19(18)26(21)17-8-5-9-17/h2-4,6-7,10-12,17,20,27-28H,5,8-9,13H2,1H3,(H,24,25)/t20?,22-/m0/s1. The highest BCUT2D eigenvalue weighted by Crippen LogP contribution is 2.38. The summed E-state index contributed by atoms with van der Waals surface area (Å²) in [4.78, 5) is 4.63. The van der Waals surface area contributed by atoms with E-state index in [1.807, 2.05) is 42.5 Å². The molecule has 2 aromatic carbocycles. The quantitative estimate of drug-likeness (QED) is 0.571. The first-order valence-electron chi connectivity index (χ1n) is 9.62. The van der Waals surface area contributed by atoms with Gasteiger partial charge < -0.3 is 20.1 Å². The molecular weight excluding hydrogens is 352 g/mol. The Kier molecular flexibility index (Phi) is 4.80. The Bertz CT molecular complexity index is 1020. The zero-order valence-corrected chi connectivity index (χ0v) is 15.8. The molecule has 1 aliphatic carbocycles. The summed E-state index contributed by atoms with van der Waals surface area (Å²) in [5.41, 5.74) is 1.85. The van der Waals surface area contributed by atoms with Crippen LogP contribution in [-0.2, 0) is 5.60 Å². The van der Waals surface area contributed by atoms with Crippen LogP contribution >= 0.6 is 0 Å². The molecule has 1 aromatic heterocycles. The lowest BCUT2D eigenvalue weighted by Gasteiger charge is -2.31. The predicted molar refractivity (Wildman–Crippen MR) is 108 cm³/mol. The van der Waals surface area contributed by atoms with Crippen molar-refractivity contribution in [1.82, 2.24) is 9.55 Å². The third kappa shape index (κ3) is 3.47. The topological polar surface area (TPSA) is 94.1 Å². The molecule has 6 heteroatoms. The van der Waals surface area contributed by atoms with Crippen LogP contribution < -0.4 is 5.32 Å². The van der Waals surface area contributed by atoms with Crippen molar-refractivity contribution in [1.29, 1.82) is 5.26 Å². The molecule has 1 aliphatic rings. The van der Waals surface area contributed by atoms with Crippen molar-refractivity contribution < 1.29 is 10.2 Å². The third-order valence-electron chi connectivity index (χ3n) is 5.54. The van der Waals surface area contributed by atoms with Gasteiger partial charge in [-0.1, -0.05) is 30.3 Å². The molecule has 1 fully saturated rings. The average Bonchev–Trinajstić information content (AvgIpc) is 2.97. The van der Waals surface area contributed by atoms with Gasteiger partial charge in [0.25, 0.3) is 0 Å². The second-order valence-corrected chi connectivity index (χ2v) is 7.71. The number of anilines is 1. The number of aliphatic hydroxyl groups is 2. The summed E-state index contributed by atoms with van der Waals surface area (Å²) in [5, 5.41) is 33.8. The SMILES string of the molecule is C[C@](O)(CC(O)Nc1nc2ccc(C#N)cc2n1C1CCC1)c1ccccc1. The van der Waals surface area contributed by atoms with Crippen LogP contribution in [0.2, 0.25) is 0 Å². The molecule has 0 aliphatic heterocycles. The Labute approximate surface area is 164 Å². The van der Waals surface area contributed by atoms with Gasteiger partial charge in [-0.25, -0.2) is 4.98 Å². The van der Waals surface area contributed by atoms with Crippen molar-refractivity contribution in [2.45, 2.75) is 50.5 Å². The first-order valence-corrected chi connectivity index (χ1v) is 9.62. The highest BCUT2D eigenvalue weighted by atomic mass is 16.3. The van der Waals surface area contributed by atoms with E-state index in [1.54, 1.807) is 13.0 Å². The first kappa shape index (κ1) is 18.5. The maximum Gasteiger partial charge on any atom is 0.206 e. The summed E-state index contributed by atoms with van der Waals surface area (Å²) in [5.74, 6) is 0.575. The third-order valence-corrected chi connectivity index (χ3v) is 5.54. The molecule has 0 amide bonds. The van der Waals surface area contributed by atoms with Crippen LogP contribution in [0.1, 0.15) is 49.8 Å². The lowest BCUT2D eigenvalue weighted by atomic mass is 9.92. The van der Waals surface area contributed by atoms with Crippen molar-refractivity contribution in [3.63, 3.8) is 0 Å². The first-order chi connectivity index (χ1) is 13.5. The van der Waals surface area contributed by atoms with Gasteiger partial charge in [-0.05, 0) is 49.9 Å². The Morgan fingerprint density at radius 2 is 2.04 bits per heavy atom. The molecule has 0 spiro atoms. The number of benzene rings is 2. The van der Waals surface area contributed by atoms with Crippen molar-refractivity contribution in [3.8, 4) is 6.07 Å². The minimum Gasteiger partial charge on any atom is -0.385 e. The van der Waals surface area contributed by atoms with Crippen LogP contribution in [0.4, 0.5) is 5.95 Å². The molecule has 2 atom stereocenters. The highest BCUT2D eigenvalue weighted by molar-refractivity contribution is 5.80. The normalized spacial score (nSPS) is 17.5. The number of nitriles is 1. The number of nitrogens with one attached hydrogen (secondary N) is 1. The molecule has 4 rings (SSSR count). The molecular formula is C22H24N4O2. The van der Waals surface area contributed by atoms with Gasteiger partial charge in [-0.15, -0.1) is 0 Å². The summed E-state index contributed by atoms with van der Waals surface area (Å²) in [6.45, 7) is 1.70. The summed E-state index contributed by atoms with van der Waals surface area (Å²) < 4.78 is 2.08. The summed E-state index contributed by atoms with van der Waals surface area (Å²) >= 11 is 0. The van der Waals surface area contributed by atoms with Gasteiger partial charge in [-0.3, -0.25) is 0 Å². The van der Waals surface area contributed by atoms with Gasteiger partial charge in [0.2, 0.25) is 5.95 Å². The maximum atomic E-state index is 10.8. The number of aromatic nitrogens is 2. The van der Waals surface area contributed by atoms with E-state index in [0.717, 1.165) is 35.9 Å². The molecule has 0 radical (unpaired) electrons. The summed E-state index contributed by atoms with van der Waals surface area (Å²) in [7, 11) is 0. The lowest BCUT2D eigenvalue weighted by molar-refractivity contribution is 0.00781. The van der Waals surface area contributed by atoms with Crippen LogP contribution in [0, 0.1) is 11.3 Å². The highest BCUT2D eigenvalue weighted by Gasteiger charge is 2.29. The van der Waals surface area contributed by atoms with Gasteiger partial charge in [0.1, 0.15) is 6.23 Å². The average molecular weight is 376 g/mol. The summed E-state index contributed by atoms with van der Waals surface area (Å²) in [6.07, 6.45) is 2.41. The minimum atomic E-state index is -1.17. The fourth-order valence-electron chi connectivity index (χ4n) is 3.77. The van der Waals surface area contributed by atoms with Crippen LogP contribution in [0.15, 0.2) is 48.5 Å². The Balaban J connectivity index is 1.61. The van der Waals surface area contributed by atoms with Crippen molar-refractivity contribution in [2.75, 3.05) is 5.32 Å². The van der Waals surface area contributed by atoms with E-state index in [1.165, 1.54) is 0 Å². The number of rotatable bonds is 6. The van der Waals surface area contributed by atoms with Crippen LogP contribution in [0.3, 0.4) is 0 Å². The van der Waals surface area contributed by atoms with Gasteiger partial charge >= 0.3 is 0 Å². The second kappa shape index (κ2) is 7.27. The molecule has 3 N–H and O–H groups in total. The van der Waals surface area contributed by atoms with Gasteiger partial charge in [0.15, 0.2) is 0 Å². The summed E-state index contributed by atoms with van der Waals surface area (Å²) in [6, 6.07) is 17.2. The molecule has 1 unspecified atom stereocenters. The fraction of sp³-hybridized carbons (Fsp3) is 0.364. The maximum absolute atomic E-state index is 10.8. The lowest BCUT2D eigenvalue weighted by Crippen LogP contribution is -2.33. The van der Waals surface area contributed by atoms with E-state index in [-0.39, 0.29) is 6.42 Å². The number of fused-ring (bicyclic) bond motifs is 1. The Morgan fingerprint density at radius 3 is 2.68 bits per heavy atom. The van der Waals surface area contributed by atoms with Gasteiger partial charge in [-0.2, -0.15) is 5.26 Å². The number of hydrogen-bond donors (Lipinski definition) is 3. The van der Waals surface area contributed by atoms with Crippen LogP contribution in [0.5, 0.6) is 0 Å². The second-order valence-electron chi connectivity index (χ2n) is 7.71. The molecule has 28 heavy (non-hydrogen) atoms. The minimum absolute atomic E-state index is 0.119. The van der Waals surface area contributed by atoms with Crippen LogP contribution in [-0.4, -0.2) is 26.0 Å². The molecule has 0 bridgehead atoms. The van der Waals surface area contributed by atoms with Crippen molar-refractivity contribution in [3.05, 3.63) is 59.7 Å². The van der Waals surface area contributed by atoms with E-state index >= 15 is 0 Å². The van der Waals surface area contributed by atoms with Gasteiger partial charge in [0.05, 0.1) is 28.3 Å². The fourth-order valence-corrected chi connectivity index (χ4v) is 3.77. The monoisotopic (exact) mass is 376 g/mol. The molecule has 144 valence electrons. The molecule has 1 heterocycles. The number of nitrogens with zero attached hydrogens (tertiary/aromatic N) is 3. The number of aliphatic hydroxyl groups excluding tert-OH is 1. The van der Waals surface area contributed by atoms with Gasteiger partial charge in [0, 0.05) is 12.5 Å². The Hall–Kier alpha value is -2.88. The van der Waals surface area contributed by atoms with E-state index in [0.29, 0.717) is 17.6 Å². The molecule has 3 aromatic rings. The Morgan fingerprint density at radius 1 is 1.29 bits per heavy atom. The number of imidazole rings is 1.